The predicted molar refractivity (Wildman–Crippen MR) is 76.4 cm³/mol. The molecule has 0 bridgehead atoms. The molecule has 0 aliphatic rings. The molecule has 2 aromatic rings. The van der Waals surface area contributed by atoms with Crippen molar-refractivity contribution in [1.29, 1.82) is 0 Å². The van der Waals surface area contributed by atoms with E-state index < -0.39 is 15.7 Å². The summed E-state index contributed by atoms with van der Waals surface area (Å²) < 4.78 is 25.0. The van der Waals surface area contributed by atoms with Crippen LogP contribution in [0.3, 0.4) is 0 Å². The van der Waals surface area contributed by atoms with Crippen molar-refractivity contribution in [3.8, 4) is 0 Å². The van der Waals surface area contributed by atoms with Crippen LogP contribution in [0.1, 0.15) is 26.3 Å². The summed E-state index contributed by atoms with van der Waals surface area (Å²) >= 11 is 0. The molecular formula is C12H13N5O4S. The Morgan fingerprint density at radius 1 is 1.36 bits per heavy atom. The van der Waals surface area contributed by atoms with Crippen molar-refractivity contribution >= 4 is 28.0 Å². The minimum Gasteiger partial charge on any atom is -0.298 e. The number of carbonyl (C=O) groups excluding carboxylic acids is 2. The topological polar surface area (TPSA) is 124 Å². The molecule has 0 unspecified atom stereocenters. The molecule has 9 nitrogen and oxygen atoms in total. The Labute approximate surface area is 126 Å². The minimum atomic E-state index is -3.66. The van der Waals surface area contributed by atoms with Crippen LogP contribution in [0.4, 0.5) is 5.95 Å². The molecule has 116 valence electrons. The second kappa shape index (κ2) is 5.64. The number of tetrazole rings is 1. The molecule has 1 N–H and O–H groups in total. The van der Waals surface area contributed by atoms with Crippen molar-refractivity contribution in [2.75, 3.05) is 11.6 Å². The summed E-state index contributed by atoms with van der Waals surface area (Å²) in [4.78, 5) is 23.1. The van der Waals surface area contributed by atoms with Gasteiger partial charge in [0.1, 0.15) is 0 Å². The van der Waals surface area contributed by atoms with Crippen LogP contribution in [0.2, 0.25) is 0 Å². The number of benzene rings is 1. The average molecular weight is 323 g/mol. The Morgan fingerprint density at radius 2 is 2.05 bits per heavy atom. The average Bonchev–Trinajstić information content (AvgIpc) is 2.82. The van der Waals surface area contributed by atoms with Gasteiger partial charge >= 0.3 is 0 Å². The van der Waals surface area contributed by atoms with Crippen LogP contribution in [0.5, 0.6) is 0 Å². The fraction of sp³-hybridized carbons (Fsp3) is 0.250. The summed E-state index contributed by atoms with van der Waals surface area (Å²) in [6, 6.07) is 2.67. The molecule has 0 fully saturated rings. The molecule has 0 saturated heterocycles. The lowest BCUT2D eigenvalue weighted by Crippen LogP contribution is -2.18. The highest BCUT2D eigenvalue weighted by Crippen LogP contribution is 2.23. The highest BCUT2D eigenvalue weighted by molar-refractivity contribution is 7.90. The summed E-state index contributed by atoms with van der Waals surface area (Å²) in [6.45, 7) is 1.47. The fourth-order valence-electron chi connectivity index (χ4n) is 2.05. The third kappa shape index (κ3) is 2.86. The molecule has 10 heteroatoms. The molecule has 1 amide bonds. The van der Waals surface area contributed by atoms with Crippen molar-refractivity contribution in [2.24, 2.45) is 7.05 Å². The van der Waals surface area contributed by atoms with Gasteiger partial charge in [0.05, 0.1) is 4.90 Å². The molecule has 1 aromatic heterocycles. The number of sulfone groups is 1. The quantitative estimate of drug-likeness (QED) is 0.784. The summed E-state index contributed by atoms with van der Waals surface area (Å²) in [5, 5.41) is 13.0. The van der Waals surface area contributed by atoms with Gasteiger partial charge in [-0.2, -0.15) is 0 Å². The maximum atomic E-state index is 12.3. The Kier molecular flexibility index (Phi) is 4.04. The first-order chi connectivity index (χ1) is 10.3. The monoisotopic (exact) mass is 323 g/mol. The van der Waals surface area contributed by atoms with Crippen molar-refractivity contribution in [3.63, 3.8) is 0 Å². The maximum absolute atomic E-state index is 12.3. The standard InChI is InChI=1S/C12H13N5O4S/c1-7-9(11(19)13-12-14-15-16-17(12)2)5-4-8(6-18)10(7)22(3,20)21/h4-6H,1-3H3,(H,13,14,16,19). The summed E-state index contributed by atoms with van der Waals surface area (Å²) in [5.74, 6) is -0.456. The molecule has 0 saturated carbocycles. The Balaban J connectivity index is 2.51. The number of aromatic nitrogens is 4. The van der Waals surface area contributed by atoms with E-state index in [1.54, 1.807) is 7.05 Å². The maximum Gasteiger partial charge on any atom is 0.258 e. The van der Waals surface area contributed by atoms with Crippen LogP contribution < -0.4 is 5.32 Å². The highest BCUT2D eigenvalue weighted by Gasteiger charge is 2.22. The number of anilines is 1. The minimum absolute atomic E-state index is 0.0110. The van der Waals surface area contributed by atoms with E-state index in [1.807, 2.05) is 0 Å². The molecule has 0 spiro atoms. The second-order valence-electron chi connectivity index (χ2n) is 4.63. The molecule has 1 heterocycles. The number of rotatable bonds is 4. The van der Waals surface area contributed by atoms with Gasteiger partial charge < -0.3 is 0 Å². The van der Waals surface area contributed by atoms with E-state index >= 15 is 0 Å². The number of carbonyl (C=O) groups is 2. The summed E-state index contributed by atoms with van der Waals surface area (Å²) in [7, 11) is -2.12. The number of amides is 1. The SMILES string of the molecule is Cc1c(C(=O)Nc2nnnn2C)ccc(C=O)c1S(C)(=O)=O. The third-order valence-corrected chi connectivity index (χ3v) is 4.31. The van der Waals surface area contributed by atoms with E-state index in [1.165, 1.54) is 23.7 Å². The largest absolute Gasteiger partial charge is 0.298 e. The van der Waals surface area contributed by atoms with Crippen LogP contribution >= 0.6 is 0 Å². The van der Waals surface area contributed by atoms with E-state index in [-0.39, 0.29) is 27.5 Å². The molecule has 0 aliphatic carbocycles. The van der Waals surface area contributed by atoms with Crippen LogP contribution in [0.25, 0.3) is 0 Å². The third-order valence-electron chi connectivity index (χ3n) is 3.02. The molecule has 1 aromatic carbocycles. The van der Waals surface area contributed by atoms with Gasteiger partial charge in [-0.05, 0) is 35.0 Å². The van der Waals surface area contributed by atoms with Crippen LogP contribution in [-0.4, -0.2) is 47.1 Å². The zero-order valence-corrected chi connectivity index (χ0v) is 12.9. The highest BCUT2D eigenvalue weighted by atomic mass is 32.2. The number of nitrogens with one attached hydrogen (secondary N) is 1. The summed E-state index contributed by atoms with van der Waals surface area (Å²) in [5.41, 5.74) is 0.325. The van der Waals surface area contributed by atoms with E-state index in [2.05, 4.69) is 20.8 Å². The molecule has 2 rings (SSSR count). The molecule has 0 atom stereocenters. The smallest absolute Gasteiger partial charge is 0.258 e. The van der Waals surface area contributed by atoms with Crippen molar-refractivity contribution < 1.29 is 18.0 Å². The van der Waals surface area contributed by atoms with Gasteiger partial charge in [-0.3, -0.25) is 14.9 Å². The summed E-state index contributed by atoms with van der Waals surface area (Å²) in [6.07, 6.45) is 1.42. The Morgan fingerprint density at radius 3 is 2.55 bits per heavy atom. The lowest BCUT2D eigenvalue weighted by Gasteiger charge is -2.12. The van der Waals surface area contributed by atoms with Crippen molar-refractivity contribution in [2.45, 2.75) is 11.8 Å². The fourth-order valence-corrected chi connectivity index (χ4v) is 3.26. The Bertz CT molecular complexity index is 856. The first-order valence-corrected chi connectivity index (χ1v) is 7.97. The van der Waals surface area contributed by atoms with E-state index in [0.29, 0.717) is 6.29 Å². The van der Waals surface area contributed by atoms with Crippen LogP contribution in [0.15, 0.2) is 17.0 Å². The van der Waals surface area contributed by atoms with Crippen molar-refractivity contribution in [3.05, 3.63) is 28.8 Å². The van der Waals surface area contributed by atoms with Gasteiger partial charge in [0, 0.05) is 24.4 Å². The normalized spacial score (nSPS) is 11.2. The van der Waals surface area contributed by atoms with Gasteiger partial charge in [0.2, 0.25) is 5.95 Å². The molecular weight excluding hydrogens is 310 g/mol. The van der Waals surface area contributed by atoms with Crippen LogP contribution in [0, 0.1) is 6.92 Å². The predicted octanol–water partition coefficient (Wildman–Crippen LogP) is -0.0132. The zero-order chi connectivity index (χ0) is 16.5. The first-order valence-electron chi connectivity index (χ1n) is 6.08. The first kappa shape index (κ1) is 15.8. The van der Waals surface area contributed by atoms with E-state index in [4.69, 9.17) is 0 Å². The number of hydrogen-bond acceptors (Lipinski definition) is 7. The number of hydrogen-bond donors (Lipinski definition) is 1. The number of nitrogens with zero attached hydrogens (tertiary/aromatic N) is 4. The van der Waals surface area contributed by atoms with E-state index in [0.717, 1.165) is 6.26 Å². The lowest BCUT2D eigenvalue weighted by atomic mass is 10.0. The van der Waals surface area contributed by atoms with Gasteiger partial charge in [0.25, 0.3) is 5.91 Å². The van der Waals surface area contributed by atoms with Gasteiger partial charge in [0.15, 0.2) is 16.1 Å². The molecule has 0 radical (unpaired) electrons. The van der Waals surface area contributed by atoms with Crippen molar-refractivity contribution in [1.82, 2.24) is 20.2 Å². The van der Waals surface area contributed by atoms with Gasteiger partial charge in [-0.15, -0.1) is 0 Å². The second-order valence-corrected chi connectivity index (χ2v) is 6.58. The number of aldehydes is 1. The lowest BCUT2D eigenvalue weighted by molar-refractivity contribution is 0.102. The molecule has 0 aliphatic heterocycles. The van der Waals surface area contributed by atoms with Crippen LogP contribution in [-0.2, 0) is 16.9 Å². The molecule has 22 heavy (non-hydrogen) atoms. The number of aryl methyl sites for hydroxylation is 1. The van der Waals surface area contributed by atoms with Gasteiger partial charge in [-0.25, -0.2) is 13.1 Å². The van der Waals surface area contributed by atoms with Gasteiger partial charge in [-0.1, -0.05) is 5.10 Å². The van der Waals surface area contributed by atoms with E-state index in [9.17, 15) is 18.0 Å². The zero-order valence-electron chi connectivity index (χ0n) is 12.1. The Hall–Kier alpha value is -2.62.